The monoisotopic (exact) mass is 219 g/mol. The van der Waals surface area contributed by atoms with Crippen LogP contribution in [0.15, 0.2) is 24.5 Å². The fourth-order valence-corrected chi connectivity index (χ4v) is 1.44. The van der Waals surface area contributed by atoms with E-state index in [9.17, 15) is 4.79 Å². The van der Waals surface area contributed by atoms with Crippen LogP contribution >= 0.6 is 0 Å². The summed E-state index contributed by atoms with van der Waals surface area (Å²) in [4.78, 5) is 11.4. The van der Waals surface area contributed by atoms with Gasteiger partial charge in [0.25, 0.3) is 0 Å². The summed E-state index contributed by atoms with van der Waals surface area (Å²) in [5.41, 5.74) is 2.08. The fourth-order valence-electron chi connectivity index (χ4n) is 1.44. The van der Waals surface area contributed by atoms with Gasteiger partial charge in [0.2, 0.25) is 0 Å². The lowest BCUT2D eigenvalue weighted by molar-refractivity contribution is 0.0519. The van der Waals surface area contributed by atoms with Crippen LogP contribution in [-0.4, -0.2) is 27.3 Å². The second-order valence-corrected chi connectivity index (χ2v) is 3.45. The van der Waals surface area contributed by atoms with Crippen molar-refractivity contribution >= 4 is 5.97 Å². The van der Waals surface area contributed by atoms with Crippen molar-refractivity contribution in [2.75, 3.05) is 6.61 Å². The zero-order valence-electron chi connectivity index (χ0n) is 9.23. The smallest absolute Gasteiger partial charge is 0.356 e. The zero-order chi connectivity index (χ0) is 11.5. The van der Waals surface area contributed by atoms with Gasteiger partial charge in [0.15, 0.2) is 0 Å². The van der Waals surface area contributed by atoms with Crippen LogP contribution in [0.1, 0.15) is 17.4 Å². The Morgan fingerprint density at radius 1 is 1.62 bits per heavy atom. The number of esters is 1. The van der Waals surface area contributed by atoms with Crippen molar-refractivity contribution in [3.63, 3.8) is 0 Å². The van der Waals surface area contributed by atoms with Gasteiger partial charge >= 0.3 is 5.97 Å². The largest absolute Gasteiger partial charge is 0.461 e. The molecule has 1 N–H and O–H groups in total. The highest BCUT2D eigenvalue weighted by molar-refractivity contribution is 5.88. The van der Waals surface area contributed by atoms with Gasteiger partial charge in [0.1, 0.15) is 5.69 Å². The van der Waals surface area contributed by atoms with Gasteiger partial charge in [-0.2, -0.15) is 5.10 Å². The standard InChI is InChI=1S/C11H13N3O2/c1-3-16-11(15)10-6-9(12-13-10)8-4-5-14(2)7-8/h4-7H,3H2,1-2H3,(H,12,13). The Morgan fingerprint density at radius 2 is 2.44 bits per heavy atom. The SMILES string of the molecule is CCOC(=O)c1cc(-c2ccn(C)c2)n[nH]1. The number of hydrogen-bond donors (Lipinski definition) is 1. The molecule has 84 valence electrons. The number of nitrogens with zero attached hydrogens (tertiary/aromatic N) is 2. The molecule has 0 amide bonds. The second-order valence-electron chi connectivity index (χ2n) is 3.45. The van der Waals surface area contributed by atoms with Crippen LogP contribution < -0.4 is 0 Å². The molecule has 0 spiro atoms. The molecule has 0 aliphatic carbocycles. The lowest BCUT2D eigenvalue weighted by atomic mass is 10.2. The molecule has 0 radical (unpaired) electrons. The van der Waals surface area contributed by atoms with E-state index in [0.29, 0.717) is 12.3 Å². The molecule has 2 rings (SSSR count). The Labute approximate surface area is 93.0 Å². The summed E-state index contributed by atoms with van der Waals surface area (Å²) in [5.74, 6) is -0.378. The van der Waals surface area contributed by atoms with Crippen LogP contribution in [0.3, 0.4) is 0 Å². The number of aryl methyl sites for hydroxylation is 1. The maximum Gasteiger partial charge on any atom is 0.356 e. The minimum absolute atomic E-state index is 0.360. The zero-order valence-corrected chi connectivity index (χ0v) is 9.23. The molecule has 16 heavy (non-hydrogen) atoms. The lowest BCUT2D eigenvalue weighted by Crippen LogP contribution is -2.04. The molecule has 0 fully saturated rings. The van der Waals surface area contributed by atoms with Gasteiger partial charge in [-0.3, -0.25) is 5.10 Å². The summed E-state index contributed by atoms with van der Waals surface area (Å²) < 4.78 is 6.79. The van der Waals surface area contributed by atoms with Crippen LogP contribution in [0, 0.1) is 0 Å². The Kier molecular flexibility index (Phi) is 2.76. The van der Waals surface area contributed by atoms with Gasteiger partial charge in [-0.25, -0.2) is 4.79 Å². The average molecular weight is 219 g/mol. The van der Waals surface area contributed by atoms with Crippen LogP contribution in [0.4, 0.5) is 0 Å². The molecule has 0 saturated heterocycles. The third-order valence-electron chi connectivity index (χ3n) is 2.20. The first-order valence-electron chi connectivity index (χ1n) is 5.05. The van der Waals surface area contributed by atoms with E-state index in [1.165, 1.54) is 0 Å². The molecular weight excluding hydrogens is 206 g/mol. The Balaban J connectivity index is 2.22. The molecule has 2 aromatic heterocycles. The van der Waals surface area contributed by atoms with E-state index in [0.717, 1.165) is 11.3 Å². The quantitative estimate of drug-likeness (QED) is 0.797. The first-order valence-corrected chi connectivity index (χ1v) is 5.05. The molecule has 0 aromatic carbocycles. The number of aromatic amines is 1. The van der Waals surface area contributed by atoms with E-state index in [4.69, 9.17) is 4.74 Å². The number of carbonyl (C=O) groups excluding carboxylic acids is 1. The predicted molar refractivity (Wildman–Crippen MR) is 59.0 cm³/mol. The van der Waals surface area contributed by atoms with Gasteiger partial charge in [0.05, 0.1) is 12.3 Å². The average Bonchev–Trinajstić information content (AvgIpc) is 2.85. The maximum absolute atomic E-state index is 11.4. The first-order chi connectivity index (χ1) is 7.70. The normalized spacial score (nSPS) is 10.4. The van der Waals surface area contributed by atoms with E-state index in [2.05, 4.69) is 10.2 Å². The van der Waals surface area contributed by atoms with Crippen molar-refractivity contribution in [2.24, 2.45) is 7.05 Å². The topological polar surface area (TPSA) is 59.9 Å². The number of nitrogens with one attached hydrogen (secondary N) is 1. The second kappa shape index (κ2) is 4.22. The number of carbonyl (C=O) groups is 1. The highest BCUT2D eigenvalue weighted by Gasteiger charge is 2.11. The Bertz CT molecular complexity index is 499. The number of H-pyrrole nitrogens is 1. The maximum atomic E-state index is 11.4. The van der Waals surface area contributed by atoms with Crippen molar-refractivity contribution in [3.8, 4) is 11.3 Å². The van der Waals surface area contributed by atoms with Crippen LogP contribution in [0.5, 0.6) is 0 Å². The number of aromatic nitrogens is 3. The Hall–Kier alpha value is -2.04. The summed E-state index contributed by atoms with van der Waals surface area (Å²) in [6, 6.07) is 3.62. The van der Waals surface area contributed by atoms with Crippen molar-refractivity contribution in [1.29, 1.82) is 0 Å². The number of ether oxygens (including phenoxy) is 1. The van der Waals surface area contributed by atoms with Gasteiger partial charge in [-0.15, -0.1) is 0 Å². The molecule has 2 heterocycles. The highest BCUT2D eigenvalue weighted by atomic mass is 16.5. The van der Waals surface area contributed by atoms with E-state index in [1.807, 2.05) is 30.1 Å². The van der Waals surface area contributed by atoms with E-state index in [1.54, 1.807) is 13.0 Å². The molecule has 0 unspecified atom stereocenters. The fraction of sp³-hybridized carbons (Fsp3) is 0.273. The minimum atomic E-state index is -0.378. The molecule has 2 aromatic rings. The molecule has 5 heteroatoms. The minimum Gasteiger partial charge on any atom is -0.461 e. The van der Waals surface area contributed by atoms with Crippen molar-refractivity contribution < 1.29 is 9.53 Å². The van der Waals surface area contributed by atoms with Crippen molar-refractivity contribution in [3.05, 3.63) is 30.2 Å². The lowest BCUT2D eigenvalue weighted by Gasteiger charge is -1.95. The molecule has 0 aliphatic rings. The van der Waals surface area contributed by atoms with Gasteiger partial charge in [0, 0.05) is 25.0 Å². The van der Waals surface area contributed by atoms with Gasteiger partial charge in [-0.05, 0) is 19.1 Å². The van der Waals surface area contributed by atoms with Gasteiger partial charge in [-0.1, -0.05) is 0 Å². The van der Waals surface area contributed by atoms with Crippen LogP contribution in [0.25, 0.3) is 11.3 Å². The van der Waals surface area contributed by atoms with E-state index in [-0.39, 0.29) is 5.97 Å². The third-order valence-corrected chi connectivity index (χ3v) is 2.20. The van der Waals surface area contributed by atoms with Crippen LogP contribution in [0.2, 0.25) is 0 Å². The van der Waals surface area contributed by atoms with E-state index < -0.39 is 0 Å². The summed E-state index contributed by atoms with van der Waals surface area (Å²) in [5, 5.41) is 6.73. The first kappa shape index (κ1) is 10.5. The summed E-state index contributed by atoms with van der Waals surface area (Å²) in [7, 11) is 1.93. The number of hydrogen-bond acceptors (Lipinski definition) is 3. The molecule has 0 saturated carbocycles. The summed E-state index contributed by atoms with van der Waals surface area (Å²) in [6.07, 6.45) is 3.86. The Morgan fingerprint density at radius 3 is 3.06 bits per heavy atom. The summed E-state index contributed by atoms with van der Waals surface area (Å²) in [6.45, 7) is 2.13. The van der Waals surface area contributed by atoms with Crippen molar-refractivity contribution in [2.45, 2.75) is 6.92 Å². The van der Waals surface area contributed by atoms with Gasteiger partial charge < -0.3 is 9.30 Å². The molecule has 5 nitrogen and oxygen atoms in total. The highest BCUT2D eigenvalue weighted by Crippen LogP contribution is 2.17. The molecular formula is C11H13N3O2. The third kappa shape index (κ3) is 1.98. The predicted octanol–water partition coefficient (Wildman–Crippen LogP) is 1.59. The molecule has 0 atom stereocenters. The van der Waals surface area contributed by atoms with Crippen molar-refractivity contribution in [1.82, 2.24) is 14.8 Å². The number of rotatable bonds is 3. The van der Waals surface area contributed by atoms with Crippen LogP contribution in [-0.2, 0) is 11.8 Å². The molecule has 0 aliphatic heterocycles. The molecule has 0 bridgehead atoms. The van der Waals surface area contributed by atoms with E-state index >= 15 is 0 Å². The summed E-state index contributed by atoms with van der Waals surface area (Å²) >= 11 is 0.